The maximum Gasteiger partial charge on any atom is 0.329 e. The Bertz CT molecular complexity index is 883. The first-order valence-corrected chi connectivity index (χ1v) is 8.43. The van der Waals surface area contributed by atoms with Crippen molar-refractivity contribution in [1.82, 2.24) is 5.32 Å². The maximum absolute atomic E-state index is 12.8. The molecule has 0 aliphatic heterocycles. The maximum atomic E-state index is 12.8. The summed E-state index contributed by atoms with van der Waals surface area (Å²) in [4.78, 5) is 14.4. The zero-order valence-electron chi connectivity index (χ0n) is 15.0. The van der Waals surface area contributed by atoms with Crippen LogP contribution in [-0.2, 0) is 0 Å². The van der Waals surface area contributed by atoms with E-state index in [0.29, 0.717) is 22.9 Å². The number of para-hydroxylation sites is 3. The van der Waals surface area contributed by atoms with Crippen LogP contribution in [0.25, 0.3) is 0 Å². The highest BCUT2D eigenvalue weighted by Gasteiger charge is 2.17. The van der Waals surface area contributed by atoms with Crippen LogP contribution in [0.1, 0.15) is 0 Å². The lowest BCUT2D eigenvalue weighted by molar-refractivity contribution is 0.228. The van der Waals surface area contributed by atoms with Crippen LogP contribution in [0.2, 0.25) is 0 Å². The summed E-state index contributed by atoms with van der Waals surface area (Å²) < 4.78 is 10.9. The summed E-state index contributed by atoms with van der Waals surface area (Å²) in [5, 5.41) is 2.77. The van der Waals surface area contributed by atoms with Crippen LogP contribution < -0.4 is 25.4 Å². The molecule has 138 valence electrons. The number of hydrogen-bond donors (Lipinski definition) is 2. The van der Waals surface area contributed by atoms with Gasteiger partial charge in [-0.1, -0.05) is 30.3 Å². The molecule has 0 aromatic heterocycles. The topological polar surface area (TPSA) is 76.8 Å². The molecule has 0 unspecified atom stereocenters. The molecule has 3 rings (SSSR count). The lowest BCUT2D eigenvalue weighted by atomic mass is 10.2. The largest absolute Gasteiger partial charge is 0.493 e. The molecule has 0 fully saturated rings. The summed E-state index contributed by atoms with van der Waals surface area (Å²) in [6.45, 7) is -0.00247. The lowest BCUT2D eigenvalue weighted by Gasteiger charge is -2.23. The number of ether oxygens (including phenoxy) is 2. The van der Waals surface area contributed by atoms with Crippen LogP contribution in [0.5, 0.6) is 11.5 Å². The van der Waals surface area contributed by atoms with E-state index in [4.69, 9.17) is 15.2 Å². The summed E-state index contributed by atoms with van der Waals surface area (Å²) in [5.74, 6) is 1.16. The van der Waals surface area contributed by atoms with Gasteiger partial charge in [0.25, 0.3) is 0 Å². The van der Waals surface area contributed by atoms with Gasteiger partial charge in [-0.25, -0.2) is 4.79 Å². The third-order valence-electron chi connectivity index (χ3n) is 3.89. The lowest BCUT2D eigenvalue weighted by Crippen LogP contribution is -2.38. The van der Waals surface area contributed by atoms with Crippen molar-refractivity contribution in [3.05, 3.63) is 78.9 Å². The van der Waals surface area contributed by atoms with E-state index < -0.39 is 0 Å². The zero-order chi connectivity index (χ0) is 19.1. The van der Waals surface area contributed by atoms with Crippen molar-refractivity contribution in [3.8, 4) is 11.5 Å². The van der Waals surface area contributed by atoms with Crippen LogP contribution in [0.3, 0.4) is 0 Å². The van der Waals surface area contributed by atoms with E-state index in [1.54, 1.807) is 48.4 Å². The number of methoxy groups -OCH3 is 1. The van der Waals surface area contributed by atoms with Gasteiger partial charge in [0.1, 0.15) is 0 Å². The van der Waals surface area contributed by atoms with Crippen molar-refractivity contribution >= 4 is 23.1 Å². The molecule has 0 atom stereocenters. The third kappa shape index (κ3) is 4.49. The Morgan fingerprint density at radius 1 is 0.889 bits per heavy atom. The number of amides is 2. The summed E-state index contributed by atoms with van der Waals surface area (Å²) in [6, 6.07) is 23.4. The Kier molecular flexibility index (Phi) is 5.79. The Morgan fingerprint density at radius 3 is 2.15 bits per heavy atom. The number of nitrogen functional groups attached to an aromatic ring is 1. The summed E-state index contributed by atoms with van der Waals surface area (Å²) in [5.41, 5.74) is 7.83. The SMILES string of the molecule is COc1ccccc1OCNC(=O)N(c1ccccc1)c1ccc(N)cc1. The fourth-order valence-electron chi connectivity index (χ4n) is 2.58. The first kappa shape index (κ1) is 18.1. The molecular weight excluding hydrogens is 342 g/mol. The van der Waals surface area contributed by atoms with Gasteiger partial charge in [-0.2, -0.15) is 0 Å². The molecule has 3 N–H and O–H groups in total. The number of nitrogens with two attached hydrogens (primary N) is 1. The average Bonchev–Trinajstić information content (AvgIpc) is 2.71. The summed E-state index contributed by atoms with van der Waals surface area (Å²) in [6.07, 6.45) is 0. The fraction of sp³-hybridized carbons (Fsp3) is 0.0952. The molecule has 0 spiro atoms. The number of urea groups is 1. The van der Waals surface area contributed by atoms with Crippen LogP contribution in [0.15, 0.2) is 78.9 Å². The second-order valence-electron chi connectivity index (χ2n) is 5.68. The Morgan fingerprint density at radius 2 is 1.48 bits per heavy atom. The highest BCUT2D eigenvalue weighted by Crippen LogP contribution is 2.27. The molecule has 0 aliphatic carbocycles. The minimum absolute atomic E-state index is 0.00247. The number of nitrogens with zero attached hydrogens (tertiary/aromatic N) is 1. The summed E-state index contributed by atoms with van der Waals surface area (Å²) >= 11 is 0. The van der Waals surface area contributed by atoms with Crippen LogP contribution in [0, 0.1) is 0 Å². The Hall–Kier alpha value is -3.67. The van der Waals surface area contributed by atoms with Gasteiger partial charge >= 0.3 is 6.03 Å². The zero-order valence-corrected chi connectivity index (χ0v) is 15.0. The first-order valence-electron chi connectivity index (χ1n) is 8.43. The Labute approximate surface area is 158 Å². The quantitative estimate of drug-likeness (QED) is 0.509. The molecule has 3 aromatic carbocycles. The van der Waals surface area contributed by atoms with Crippen molar-refractivity contribution in [3.63, 3.8) is 0 Å². The molecule has 6 nitrogen and oxygen atoms in total. The highest BCUT2D eigenvalue weighted by atomic mass is 16.5. The molecule has 0 radical (unpaired) electrons. The van der Waals surface area contributed by atoms with Gasteiger partial charge in [-0.05, 0) is 48.5 Å². The molecule has 0 saturated heterocycles. The van der Waals surface area contributed by atoms with Crippen molar-refractivity contribution < 1.29 is 14.3 Å². The molecular formula is C21H21N3O3. The number of nitrogens with one attached hydrogen (secondary N) is 1. The van der Waals surface area contributed by atoms with Crippen molar-refractivity contribution in [2.45, 2.75) is 0 Å². The van der Waals surface area contributed by atoms with Crippen LogP contribution in [-0.4, -0.2) is 19.9 Å². The second kappa shape index (κ2) is 8.62. The molecule has 0 aliphatic rings. The smallest absolute Gasteiger partial charge is 0.329 e. The minimum Gasteiger partial charge on any atom is -0.493 e. The number of benzene rings is 3. The molecule has 0 saturated carbocycles. The van der Waals surface area contributed by atoms with Crippen LogP contribution in [0.4, 0.5) is 21.9 Å². The predicted molar refractivity (Wildman–Crippen MR) is 106 cm³/mol. The second-order valence-corrected chi connectivity index (χ2v) is 5.68. The van der Waals surface area contributed by atoms with E-state index in [9.17, 15) is 4.79 Å². The van der Waals surface area contributed by atoms with E-state index in [1.807, 2.05) is 42.5 Å². The number of carbonyl (C=O) groups is 1. The Balaban J connectivity index is 1.74. The average molecular weight is 363 g/mol. The molecule has 6 heteroatoms. The van der Waals surface area contributed by atoms with Gasteiger partial charge in [0.15, 0.2) is 18.2 Å². The summed E-state index contributed by atoms with van der Waals surface area (Å²) in [7, 11) is 1.57. The monoisotopic (exact) mass is 363 g/mol. The van der Waals surface area contributed by atoms with Gasteiger partial charge in [-0.15, -0.1) is 0 Å². The normalized spacial score (nSPS) is 10.1. The molecule has 27 heavy (non-hydrogen) atoms. The van der Waals surface area contributed by atoms with E-state index in [2.05, 4.69) is 5.32 Å². The molecule has 2 amide bonds. The molecule has 3 aromatic rings. The molecule has 0 bridgehead atoms. The van der Waals surface area contributed by atoms with Crippen molar-refractivity contribution in [1.29, 1.82) is 0 Å². The first-order chi connectivity index (χ1) is 13.2. The van der Waals surface area contributed by atoms with Crippen molar-refractivity contribution in [2.24, 2.45) is 0 Å². The van der Waals surface area contributed by atoms with Gasteiger partial charge < -0.3 is 20.5 Å². The van der Waals surface area contributed by atoms with Gasteiger partial charge in [0, 0.05) is 5.69 Å². The van der Waals surface area contributed by atoms with Crippen LogP contribution >= 0.6 is 0 Å². The van der Waals surface area contributed by atoms with E-state index in [0.717, 1.165) is 5.69 Å². The van der Waals surface area contributed by atoms with E-state index >= 15 is 0 Å². The van der Waals surface area contributed by atoms with E-state index in [-0.39, 0.29) is 12.8 Å². The number of hydrogen-bond acceptors (Lipinski definition) is 4. The number of rotatable bonds is 6. The third-order valence-corrected chi connectivity index (χ3v) is 3.89. The van der Waals surface area contributed by atoms with Gasteiger partial charge in [0.05, 0.1) is 18.5 Å². The highest BCUT2D eigenvalue weighted by molar-refractivity contribution is 5.99. The van der Waals surface area contributed by atoms with Gasteiger partial charge in [0.2, 0.25) is 0 Å². The number of carbonyl (C=O) groups excluding carboxylic acids is 1. The fourth-order valence-corrected chi connectivity index (χ4v) is 2.58. The van der Waals surface area contributed by atoms with Crippen molar-refractivity contribution in [2.75, 3.05) is 24.5 Å². The minimum atomic E-state index is -0.319. The predicted octanol–water partition coefficient (Wildman–Crippen LogP) is 4.16. The standard InChI is InChI=1S/C21H21N3O3/c1-26-19-9-5-6-10-20(19)27-15-23-21(25)24(17-7-3-2-4-8-17)18-13-11-16(22)12-14-18/h2-14H,15,22H2,1H3,(H,23,25). The molecule has 0 heterocycles. The number of anilines is 3. The van der Waals surface area contributed by atoms with Gasteiger partial charge in [-0.3, -0.25) is 4.90 Å². The van der Waals surface area contributed by atoms with E-state index in [1.165, 1.54) is 0 Å².